The SMILES string of the molecule is CCC=C(C)C(=O)N1CSCC1C(=O)NNc1ncccn1. The van der Waals surface area contributed by atoms with Crippen LogP contribution in [-0.2, 0) is 9.59 Å². The highest BCUT2D eigenvalue weighted by Crippen LogP contribution is 2.23. The summed E-state index contributed by atoms with van der Waals surface area (Å²) in [6.07, 6.45) is 5.81. The third-order valence-electron chi connectivity index (χ3n) is 3.16. The summed E-state index contributed by atoms with van der Waals surface area (Å²) in [5.74, 6) is 1.04. The van der Waals surface area contributed by atoms with E-state index >= 15 is 0 Å². The second kappa shape index (κ2) is 7.79. The number of hydrogen-bond donors (Lipinski definition) is 2. The van der Waals surface area contributed by atoms with Crippen molar-refractivity contribution in [3.8, 4) is 0 Å². The minimum absolute atomic E-state index is 0.0945. The van der Waals surface area contributed by atoms with Crippen molar-refractivity contribution in [2.24, 2.45) is 0 Å². The van der Waals surface area contributed by atoms with Gasteiger partial charge in [-0.1, -0.05) is 13.0 Å². The Kier molecular flexibility index (Phi) is 5.76. The van der Waals surface area contributed by atoms with Crippen LogP contribution in [0.2, 0.25) is 0 Å². The third-order valence-corrected chi connectivity index (χ3v) is 4.17. The van der Waals surface area contributed by atoms with Gasteiger partial charge >= 0.3 is 0 Å². The van der Waals surface area contributed by atoms with Crippen LogP contribution >= 0.6 is 11.8 Å². The third kappa shape index (κ3) is 3.97. The van der Waals surface area contributed by atoms with Gasteiger partial charge in [0.1, 0.15) is 6.04 Å². The first-order valence-corrected chi connectivity index (χ1v) is 8.17. The molecular weight excluding hydrogens is 302 g/mol. The van der Waals surface area contributed by atoms with E-state index in [1.54, 1.807) is 42.0 Å². The number of hydrogen-bond acceptors (Lipinski definition) is 6. The molecule has 2 amide bonds. The molecule has 8 heteroatoms. The van der Waals surface area contributed by atoms with Gasteiger partial charge in [0.05, 0.1) is 5.88 Å². The maximum Gasteiger partial charge on any atom is 0.262 e. The summed E-state index contributed by atoms with van der Waals surface area (Å²) in [4.78, 5) is 34.1. The van der Waals surface area contributed by atoms with Crippen molar-refractivity contribution in [2.75, 3.05) is 17.1 Å². The number of amides is 2. The Balaban J connectivity index is 1.96. The van der Waals surface area contributed by atoms with Crippen molar-refractivity contribution in [3.05, 3.63) is 30.1 Å². The molecule has 0 saturated carbocycles. The molecule has 0 aliphatic carbocycles. The lowest BCUT2D eigenvalue weighted by molar-refractivity contribution is -0.135. The van der Waals surface area contributed by atoms with Crippen LogP contribution in [0.4, 0.5) is 5.95 Å². The van der Waals surface area contributed by atoms with Crippen molar-refractivity contribution < 1.29 is 9.59 Å². The largest absolute Gasteiger partial charge is 0.317 e. The van der Waals surface area contributed by atoms with Gasteiger partial charge in [0.15, 0.2) is 0 Å². The molecule has 0 aromatic carbocycles. The van der Waals surface area contributed by atoms with Crippen LogP contribution in [0.3, 0.4) is 0 Å². The lowest BCUT2D eigenvalue weighted by atomic mass is 10.2. The van der Waals surface area contributed by atoms with E-state index in [2.05, 4.69) is 20.8 Å². The van der Waals surface area contributed by atoms with Gasteiger partial charge in [-0.2, -0.15) is 0 Å². The number of carbonyl (C=O) groups excluding carboxylic acids is 2. The molecule has 1 saturated heterocycles. The predicted molar refractivity (Wildman–Crippen MR) is 85.8 cm³/mol. The minimum Gasteiger partial charge on any atom is -0.317 e. The topological polar surface area (TPSA) is 87.2 Å². The fourth-order valence-corrected chi connectivity index (χ4v) is 3.20. The van der Waals surface area contributed by atoms with E-state index in [0.29, 0.717) is 23.2 Å². The monoisotopic (exact) mass is 321 g/mol. The number of hydrazine groups is 1. The first-order valence-electron chi connectivity index (χ1n) is 7.01. The molecule has 1 aliphatic heterocycles. The molecule has 2 N–H and O–H groups in total. The maximum atomic E-state index is 12.3. The zero-order valence-corrected chi connectivity index (χ0v) is 13.4. The van der Waals surface area contributed by atoms with Gasteiger partial charge in [0, 0.05) is 23.7 Å². The maximum absolute atomic E-state index is 12.3. The molecule has 118 valence electrons. The first-order chi connectivity index (χ1) is 10.6. The Morgan fingerprint density at radius 3 is 2.86 bits per heavy atom. The summed E-state index contributed by atoms with van der Waals surface area (Å²) >= 11 is 1.56. The second-order valence-electron chi connectivity index (χ2n) is 4.77. The number of aromatic nitrogens is 2. The van der Waals surface area contributed by atoms with Crippen LogP contribution in [0.1, 0.15) is 20.3 Å². The average molecular weight is 321 g/mol. The smallest absolute Gasteiger partial charge is 0.262 e. The summed E-state index contributed by atoms with van der Waals surface area (Å²) in [6, 6.07) is 1.19. The van der Waals surface area contributed by atoms with Crippen molar-refractivity contribution in [2.45, 2.75) is 26.3 Å². The molecule has 22 heavy (non-hydrogen) atoms. The van der Waals surface area contributed by atoms with E-state index in [1.165, 1.54) is 0 Å². The number of nitrogens with zero attached hydrogens (tertiary/aromatic N) is 3. The van der Waals surface area contributed by atoms with Crippen molar-refractivity contribution >= 4 is 29.5 Å². The fraction of sp³-hybridized carbons (Fsp3) is 0.429. The van der Waals surface area contributed by atoms with Gasteiger partial charge in [-0.3, -0.25) is 20.4 Å². The molecule has 1 aromatic heterocycles. The van der Waals surface area contributed by atoms with E-state index in [4.69, 9.17) is 0 Å². The minimum atomic E-state index is -0.492. The van der Waals surface area contributed by atoms with E-state index in [0.717, 1.165) is 6.42 Å². The highest BCUT2D eigenvalue weighted by Gasteiger charge is 2.35. The Labute approximate surface area is 133 Å². The first kappa shape index (κ1) is 16.3. The number of nitrogens with one attached hydrogen (secondary N) is 2. The Bertz CT molecular complexity index is 564. The average Bonchev–Trinajstić information content (AvgIpc) is 3.02. The number of allylic oxidation sites excluding steroid dienone is 1. The van der Waals surface area contributed by atoms with Crippen LogP contribution in [0.5, 0.6) is 0 Å². The zero-order chi connectivity index (χ0) is 15.9. The number of carbonyl (C=O) groups is 2. The van der Waals surface area contributed by atoms with Crippen LogP contribution < -0.4 is 10.9 Å². The molecule has 2 heterocycles. The summed E-state index contributed by atoms with van der Waals surface area (Å²) in [5, 5.41) is 0. The lowest BCUT2D eigenvalue weighted by Gasteiger charge is -2.23. The summed E-state index contributed by atoms with van der Waals surface area (Å²) in [7, 11) is 0. The van der Waals surface area contributed by atoms with Crippen LogP contribution in [0, 0.1) is 0 Å². The number of thioether (sulfide) groups is 1. The molecule has 2 rings (SSSR count). The van der Waals surface area contributed by atoms with E-state index in [9.17, 15) is 9.59 Å². The van der Waals surface area contributed by atoms with Gasteiger partial charge < -0.3 is 4.90 Å². The summed E-state index contributed by atoms with van der Waals surface area (Å²) in [6.45, 7) is 3.75. The highest BCUT2D eigenvalue weighted by molar-refractivity contribution is 7.99. The molecule has 1 atom stereocenters. The van der Waals surface area contributed by atoms with Crippen molar-refractivity contribution in [1.29, 1.82) is 0 Å². The Morgan fingerprint density at radius 1 is 1.45 bits per heavy atom. The van der Waals surface area contributed by atoms with E-state index in [-0.39, 0.29) is 11.8 Å². The normalized spacial score (nSPS) is 18.2. The van der Waals surface area contributed by atoms with Gasteiger partial charge in [0.25, 0.3) is 11.8 Å². The van der Waals surface area contributed by atoms with Crippen molar-refractivity contribution in [1.82, 2.24) is 20.3 Å². The molecule has 1 fully saturated rings. The highest BCUT2D eigenvalue weighted by atomic mass is 32.2. The predicted octanol–water partition coefficient (Wildman–Crippen LogP) is 1.18. The molecule has 1 aromatic rings. The number of rotatable bonds is 5. The van der Waals surface area contributed by atoms with Crippen LogP contribution in [0.25, 0.3) is 0 Å². The molecule has 1 unspecified atom stereocenters. The van der Waals surface area contributed by atoms with Crippen LogP contribution in [0.15, 0.2) is 30.1 Å². The van der Waals surface area contributed by atoms with Gasteiger partial charge in [-0.15, -0.1) is 11.8 Å². The van der Waals surface area contributed by atoms with Crippen LogP contribution in [-0.4, -0.2) is 44.4 Å². The molecule has 1 aliphatic rings. The van der Waals surface area contributed by atoms with Gasteiger partial charge in [-0.25, -0.2) is 9.97 Å². The second-order valence-corrected chi connectivity index (χ2v) is 5.77. The van der Waals surface area contributed by atoms with Gasteiger partial charge in [0.2, 0.25) is 5.95 Å². The quantitative estimate of drug-likeness (QED) is 0.625. The standard InChI is InChI=1S/C14H19N5O2S/c1-3-5-10(2)13(21)19-9-22-8-11(19)12(20)17-18-14-15-6-4-7-16-14/h4-7,11H,3,8-9H2,1-2H3,(H,17,20)(H,15,16,18). The van der Waals surface area contributed by atoms with Crippen molar-refractivity contribution in [3.63, 3.8) is 0 Å². The molecule has 0 bridgehead atoms. The Hall–Kier alpha value is -2.09. The van der Waals surface area contributed by atoms with E-state index < -0.39 is 6.04 Å². The fourth-order valence-electron chi connectivity index (χ4n) is 2.04. The molecular formula is C14H19N5O2S. The van der Waals surface area contributed by atoms with E-state index in [1.807, 2.05) is 13.0 Å². The molecule has 0 radical (unpaired) electrons. The lowest BCUT2D eigenvalue weighted by Crippen LogP contribution is -2.49. The number of anilines is 1. The van der Waals surface area contributed by atoms with Gasteiger partial charge in [-0.05, 0) is 19.4 Å². The molecule has 7 nitrogen and oxygen atoms in total. The Morgan fingerprint density at radius 2 is 2.18 bits per heavy atom. The molecule has 0 spiro atoms. The summed E-state index contributed by atoms with van der Waals surface area (Å²) < 4.78 is 0. The zero-order valence-electron chi connectivity index (χ0n) is 12.6. The summed E-state index contributed by atoms with van der Waals surface area (Å²) in [5.41, 5.74) is 5.88.